The van der Waals surface area contributed by atoms with Crippen molar-refractivity contribution < 1.29 is 14.3 Å². The van der Waals surface area contributed by atoms with Crippen molar-refractivity contribution in [1.29, 1.82) is 0 Å². The lowest BCUT2D eigenvalue weighted by molar-refractivity contribution is 0.102. The van der Waals surface area contributed by atoms with E-state index in [1.54, 1.807) is 28.4 Å². The number of benzene rings is 1. The van der Waals surface area contributed by atoms with Gasteiger partial charge < -0.3 is 15.0 Å². The molecule has 1 atom stereocenters. The summed E-state index contributed by atoms with van der Waals surface area (Å²) in [5.41, 5.74) is 2.35. The van der Waals surface area contributed by atoms with Crippen LogP contribution in [0.4, 0.5) is 10.5 Å². The van der Waals surface area contributed by atoms with Crippen LogP contribution in [0.5, 0.6) is 5.88 Å². The smallest absolute Gasteiger partial charge is 0.391 e. The summed E-state index contributed by atoms with van der Waals surface area (Å²) in [6.45, 7) is 9.25. The highest BCUT2D eigenvalue weighted by Crippen LogP contribution is 2.19. The number of piperazine rings is 1. The number of piperidine rings is 1. The van der Waals surface area contributed by atoms with Crippen LogP contribution in [0.15, 0.2) is 54.2 Å². The van der Waals surface area contributed by atoms with Gasteiger partial charge in [0.15, 0.2) is 0 Å². The molecule has 4 heterocycles. The molecule has 9 nitrogen and oxygen atoms in total. The highest BCUT2D eigenvalue weighted by Gasteiger charge is 2.23. The number of rotatable bonds is 8. The number of hydrogen-bond donors (Lipinski definition) is 1. The molecule has 2 saturated heterocycles. The first-order valence-electron chi connectivity index (χ1n) is 13.7. The maximum atomic E-state index is 12.7. The predicted octanol–water partition coefficient (Wildman–Crippen LogP) is 4.38. The lowest BCUT2D eigenvalue weighted by atomic mass is 9.99. The summed E-state index contributed by atoms with van der Waals surface area (Å²) in [7, 11) is 0. The molecule has 1 N–H and O–H groups in total. The third-order valence-electron chi connectivity index (χ3n) is 7.31. The standard InChI is InChI=1S/C29H36N6O3S/c1-22-3-2-12-34(20-22)21-23-4-6-24(7-5-23)28(36)32-25-8-9-26(31-19-25)38-29(37)35-16-14-33(15-17-35)13-10-27-30-11-18-39-27/h4-9,11,18-19,22H,2-3,10,12-17,20-21H2,1H3,(H,32,36). The fourth-order valence-electron chi connectivity index (χ4n) is 5.11. The highest BCUT2D eigenvalue weighted by atomic mass is 32.1. The second-order valence-electron chi connectivity index (χ2n) is 10.4. The van der Waals surface area contributed by atoms with Gasteiger partial charge in [-0.1, -0.05) is 19.1 Å². The van der Waals surface area contributed by atoms with E-state index < -0.39 is 6.09 Å². The number of nitrogens with one attached hydrogen (secondary N) is 1. The molecule has 2 amide bonds. The van der Waals surface area contributed by atoms with Gasteiger partial charge in [-0.05, 0) is 49.1 Å². The monoisotopic (exact) mass is 548 g/mol. The number of amides is 2. The molecule has 1 aromatic carbocycles. The Balaban J connectivity index is 1.05. The molecule has 5 rings (SSSR count). The van der Waals surface area contributed by atoms with Crippen molar-refractivity contribution in [3.63, 3.8) is 0 Å². The van der Waals surface area contributed by atoms with Crippen molar-refractivity contribution in [1.82, 2.24) is 24.7 Å². The molecule has 2 fully saturated rings. The third-order valence-corrected chi connectivity index (χ3v) is 8.14. The fraction of sp³-hybridized carbons (Fsp3) is 0.448. The first-order chi connectivity index (χ1) is 19.0. The summed E-state index contributed by atoms with van der Waals surface area (Å²) in [4.78, 5) is 40.4. The summed E-state index contributed by atoms with van der Waals surface area (Å²) in [6.07, 6.45) is 6.41. The predicted molar refractivity (Wildman–Crippen MR) is 152 cm³/mol. The first-order valence-corrected chi connectivity index (χ1v) is 14.6. The lowest BCUT2D eigenvalue weighted by Gasteiger charge is -2.33. The number of hydrogen-bond acceptors (Lipinski definition) is 8. The number of pyridine rings is 1. The molecule has 0 bridgehead atoms. The van der Waals surface area contributed by atoms with E-state index in [1.807, 2.05) is 35.8 Å². The Morgan fingerprint density at radius 1 is 1.03 bits per heavy atom. The van der Waals surface area contributed by atoms with Crippen LogP contribution in [0.1, 0.15) is 40.7 Å². The third kappa shape index (κ3) is 7.84. The van der Waals surface area contributed by atoms with Crippen LogP contribution in [-0.4, -0.2) is 82.5 Å². The number of ether oxygens (including phenoxy) is 1. The van der Waals surface area contributed by atoms with Crippen LogP contribution < -0.4 is 10.1 Å². The van der Waals surface area contributed by atoms with Gasteiger partial charge in [0, 0.05) is 75.4 Å². The van der Waals surface area contributed by atoms with Crippen molar-refractivity contribution >= 4 is 29.0 Å². The highest BCUT2D eigenvalue weighted by molar-refractivity contribution is 7.09. The zero-order valence-electron chi connectivity index (χ0n) is 22.4. The van der Waals surface area contributed by atoms with Crippen LogP contribution in [0.3, 0.4) is 0 Å². The Morgan fingerprint density at radius 3 is 2.54 bits per heavy atom. The van der Waals surface area contributed by atoms with Crippen molar-refractivity contribution in [3.8, 4) is 5.88 Å². The maximum absolute atomic E-state index is 12.7. The molecule has 0 aliphatic carbocycles. The van der Waals surface area contributed by atoms with Gasteiger partial charge in [-0.2, -0.15) is 0 Å². The molecule has 3 aromatic rings. The van der Waals surface area contributed by atoms with E-state index in [0.717, 1.165) is 56.6 Å². The van der Waals surface area contributed by atoms with Crippen molar-refractivity contribution in [2.24, 2.45) is 5.92 Å². The minimum atomic E-state index is -0.405. The van der Waals surface area contributed by atoms with Crippen LogP contribution in [-0.2, 0) is 13.0 Å². The number of aromatic nitrogens is 2. The Hall–Kier alpha value is -3.34. The molecule has 206 valence electrons. The molecule has 2 aliphatic heterocycles. The average molecular weight is 549 g/mol. The number of carbonyl (C=O) groups excluding carboxylic acids is 2. The second-order valence-corrected chi connectivity index (χ2v) is 11.4. The van der Waals surface area contributed by atoms with E-state index in [-0.39, 0.29) is 11.8 Å². The van der Waals surface area contributed by atoms with Gasteiger partial charge in [0.1, 0.15) is 0 Å². The molecule has 0 radical (unpaired) electrons. The molecule has 2 aromatic heterocycles. The number of anilines is 1. The molecule has 10 heteroatoms. The van der Waals surface area contributed by atoms with E-state index in [1.165, 1.54) is 24.6 Å². The van der Waals surface area contributed by atoms with Crippen LogP contribution in [0, 0.1) is 5.92 Å². The average Bonchev–Trinajstić information content (AvgIpc) is 3.47. The van der Waals surface area contributed by atoms with E-state index in [0.29, 0.717) is 24.3 Å². The number of thiazole rings is 1. The van der Waals surface area contributed by atoms with E-state index >= 15 is 0 Å². The number of likely N-dealkylation sites (tertiary alicyclic amines) is 1. The fourth-order valence-corrected chi connectivity index (χ4v) is 5.72. The Bertz CT molecular complexity index is 1210. The Morgan fingerprint density at radius 2 is 1.85 bits per heavy atom. The largest absolute Gasteiger partial charge is 0.416 e. The number of carbonyl (C=O) groups is 2. The summed E-state index contributed by atoms with van der Waals surface area (Å²) in [6, 6.07) is 11.1. The van der Waals surface area contributed by atoms with Crippen molar-refractivity contribution in [3.05, 3.63) is 70.3 Å². The molecule has 0 saturated carbocycles. The summed E-state index contributed by atoms with van der Waals surface area (Å²) in [5.74, 6) is 0.751. The van der Waals surface area contributed by atoms with Gasteiger partial charge in [0.25, 0.3) is 5.91 Å². The summed E-state index contributed by atoms with van der Waals surface area (Å²) < 4.78 is 5.47. The van der Waals surface area contributed by atoms with Gasteiger partial charge in [-0.25, -0.2) is 14.8 Å². The normalized spacial score (nSPS) is 18.6. The second kappa shape index (κ2) is 13.1. The van der Waals surface area contributed by atoms with Gasteiger partial charge >= 0.3 is 6.09 Å². The Kier molecular flexibility index (Phi) is 9.18. The van der Waals surface area contributed by atoms with Gasteiger partial charge in [-0.15, -0.1) is 11.3 Å². The Labute approximate surface area is 233 Å². The van der Waals surface area contributed by atoms with Gasteiger partial charge in [0.05, 0.1) is 16.9 Å². The lowest BCUT2D eigenvalue weighted by Crippen LogP contribution is -2.49. The van der Waals surface area contributed by atoms with E-state index in [4.69, 9.17) is 4.74 Å². The van der Waals surface area contributed by atoms with Crippen LogP contribution in [0.25, 0.3) is 0 Å². The molecular formula is C29H36N6O3S. The van der Waals surface area contributed by atoms with Crippen molar-refractivity contribution in [2.45, 2.75) is 32.7 Å². The van der Waals surface area contributed by atoms with Crippen LogP contribution in [0.2, 0.25) is 0 Å². The molecule has 1 unspecified atom stereocenters. The van der Waals surface area contributed by atoms with Gasteiger partial charge in [-0.3, -0.25) is 14.6 Å². The topological polar surface area (TPSA) is 90.9 Å². The molecule has 39 heavy (non-hydrogen) atoms. The summed E-state index contributed by atoms with van der Waals surface area (Å²) >= 11 is 1.67. The zero-order chi connectivity index (χ0) is 27.0. The van der Waals surface area contributed by atoms with Crippen molar-refractivity contribution in [2.75, 3.05) is 51.1 Å². The molecule has 0 spiro atoms. The zero-order valence-corrected chi connectivity index (χ0v) is 23.2. The minimum Gasteiger partial charge on any atom is -0.391 e. The molecular weight excluding hydrogens is 512 g/mol. The quantitative estimate of drug-likeness (QED) is 0.447. The maximum Gasteiger partial charge on any atom is 0.416 e. The SMILES string of the molecule is CC1CCCN(Cc2ccc(C(=O)Nc3ccc(OC(=O)N4CCN(CCc5nccs5)CC4)nc3)cc2)C1. The van der Waals surface area contributed by atoms with Gasteiger partial charge in [0.2, 0.25) is 5.88 Å². The van der Waals surface area contributed by atoms with Crippen LogP contribution >= 0.6 is 11.3 Å². The minimum absolute atomic E-state index is 0.201. The van der Waals surface area contributed by atoms with E-state index in [9.17, 15) is 9.59 Å². The van der Waals surface area contributed by atoms with E-state index in [2.05, 4.69) is 32.0 Å². The first kappa shape index (κ1) is 27.2. The number of nitrogens with zero attached hydrogens (tertiary/aromatic N) is 5. The molecule has 2 aliphatic rings. The summed E-state index contributed by atoms with van der Waals surface area (Å²) in [5, 5.41) is 5.99.